The lowest BCUT2D eigenvalue weighted by molar-refractivity contribution is 0.141. The van der Waals surface area contributed by atoms with Gasteiger partial charge in [0.15, 0.2) is 17.0 Å². The van der Waals surface area contributed by atoms with Crippen LogP contribution in [0.15, 0.2) is 24.3 Å². The van der Waals surface area contributed by atoms with E-state index in [-0.39, 0.29) is 24.4 Å². The third-order valence-corrected chi connectivity index (χ3v) is 4.79. The van der Waals surface area contributed by atoms with E-state index < -0.39 is 7.80 Å². The standard InChI is InChI=1S/C17H22N5O4P/c1-25-6-7-26-16-20-14(18)13-15(21-16)22(17(23)19-13)9-11-4-3-5-12(8-11)10-27(2)24/h3-5,8,27H,6-7,9-10H2,1-2H3,(H,19,23)(H2,18,20,21). The van der Waals surface area contributed by atoms with E-state index in [2.05, 4.69) is 15.0 Å². The van der Waals surface area contributed by atoms with Gasteiger partial charge in [0.25, 0.3) is 6.01 Å². The summed E-state index contributed by atoms with van der Waals surface area (Å²) in [5.74, 6) is 0.125. The number of fused-ring (bicyclic) bond motifs is 1. The second-order valence-corrected chi connectivity index (χ2v) is 7.86. The Morgan fingerprint density at radius 3 is 2.74 bits per heavy atom. The zero-order valence-electron chi connectivity index (χ0n) is 15.2. The van der Waals surface area contributed by atoms with Crippen molar-refractivity contribution in [2.24, 2.45) is 0 Å². The van der Waals surface area contributed by atoms with Gasteiger partial charge in [0, 0.05) is 13.3 Å². The van der Waals surface area contributed by atoms with Crippen molar-refractivity contribution in [3.63, 3.8) is 0 Å². The van der Waals surface area contributed by atoms with Gasteiger partial charge in [-0.25, -0.2) is 0 Å². The molecule has 9 nitrogen and oxygen atoms in total. The highest BCUT2D eigenvalue weighted by Gasteiger charge is 2.17. The van der Waals surface area contributed by atoms with Crippen LogP contribution in [-0.4, -0.2) is 51.6 Å². The van der Waals surface area contributed by atoms with Crippen molar-refractivity contribution in [2.45, 2.75) is 12.7 Å². The van der Waals surface area contributed by atoms with Crippen LogP contribution in [-0.2, 0) is 22.0 Å². The summed E-state index contributed by atoms with van der Waals surface area (Å²) < 4.78 is 23.4. The minimum absolute atomic E-state index is 0.0940. The molecule has 3 N–H and O–H groups in total. The van der Waals surface area contributed by atoms with E-state index in [1.807, 2.05) is 24.3 Å². The molecule has 144 valence electrons. The molecule has 2 heterocycles. The smallest absolute Gasteiger partial charge is 0.320 e. The van der Waals surface area contributed by atoms with E-state index in [0.29, 0.717) is 30.5 Å². The van der Waals surface area contributed by atoms with E-state index in [1.54, 1.807) is 13.8 Å². The Balaban J connectivity index is 1.94. The second-order valence-electron chi connectivity index (χ2n) is 6.10. The number of nitrogens with two attached hydrogens (primary N) is 1. The number of hydrogen-bond donors (Lipinski definition) is 2. The Labute approximate surface area is 157 Å². The lowest BCUT2D eigenvalue weighted by Crippen LogP contribution is -2.09. The normalized spacial score (nSPS) is 12.4. The highest BCUT2D eigenvalue weighted by atomic mass is 31.1. The summed E-state index contributed by atoms with van der Waals surface area (Å²) >= 11 is 0. The largest absolute Gasteiger partial charge is 0.480 e. The van der Waals surface area contributed by atoms with Crippen LogP contribution in [0.1, 0.15) is 11.1 Å². The van der Waals surface area contributed by atoms with Crippen molar-refractivity contribution in [3.05, 3.63) is 35.4 Å². The third kappa shape index (κ3) is 4.56. The summed E-state index contributed by atoms with van der Waals surface area (Å²) in [5, 5.41) is 10.3. The zero-order valence-corrected chi connectivity index (χ0v) is 16.2. The van der Waals surface area contributed by atoms with Crippen LogP contribution in [0.2, 0.25) is 0 Å². The van der Waals surface area contributed by atoms with Gasteiger partial charge in [0.1, 0.15) is 6.61 Å². The molecule has 0 amide bonds. The maximum atomic E-state index is 11.5. The molecule has 0 saturated carbocycles. The molecule has 3 rings (SSSR count). The van der Waals surface area contributed by atoms with Gasteiger partial charge in [-0.05, 0) is 17.8 Å². The number of nitrogens with zero attached hydrogens (tertiary/aromatic N) is 4. The fourth-order valence-corrected chi connectivity index (χ4v) is 3.52. The van der Waals surface area contributed by atoms with Crippen molar-refractivity contribution in [2.75, 3.05) is 32.7 Å². The Kier molecular flexibility index (Phi) is 5.93. The van der Waals surface area contributed by atoms with Crippen LogP contribution in [0.3, 0.4) is 0 Å². The van der Waals surface area contributed by atoms with Gasteiger partial charge in [-0.15, -0.1) is 0 Å². The molecule has 27 heavy (non-hydrogen) atoms. The first kappa shape index (κ1) is 19.1. The summed E-state index contributed by atoms with van der Waals surface area (Å²) in [6.07, 6.45) is 0.543. The van der Waals surface area contributed by atoms with Crippen LogP contribution in [0.5, 0.6) is 12.0 Å². The summed E-state index contributed by atoms with van der Waals surface area (Å²) in [6.45, 7) is 2.73. The fourth-order valence-electron chi connectivity index (χ4n) is 2.72. The molecule has 1 aromatic carbocycles. The number of ether oxygens (including phenoxy) is 2. The van der Waals surface area contributed by atoms with Crippen molar-refractivity contribution in [3.8, 4) is 12.0 Å². The number of methoxy groups -OCH3 is 1. The van der Waals surface area contributed by atoms with Crippen molar-refractivity contribution in [1.82, 2.24) is 19.5 Å². The number of nitrogen functional groups attached to an aromatic ring is 1. The second kappa shape index (κ2) is 8.37. The van der Waals surface area contributed by atoms with Gasteiger partial charge in [0.05, 0.1) is 21.0 Å². The number of aromatic nitrogens is 4. The molecule has 0 aliphatic heterocycles. The SMILES string of the molecule is COCCOc1nc(N)c2nc(O)n(Cc3cccc(C[PH](C)=O)c3)c2n1. The number of imidazole rings is 1. The third-order valence-electron chi connectivity index (χ3n) is 3.88. The summed E-state index contributed by atoms with van der Waals surface area (Å²) in [7, 11) is -0.0437. The van der Waals surface area contributed by atoms with Gasteiger partial charge in [-0.2, -0.15) is 15.0 Å². The summed E-state index contributed by atoms with van der Waals surface area (Å²) in [4.78, 5) is 12.4. The molecule has 0 bridgehead atoms. The monoisotopic (exact) mass is 391 g/mol. The minimum atomic E-state index is -1.61. The van der Waals surface area contributed by atoms with Gasteiger partial charge < -0.3 is 24.9 Å². The van der Waals surface area contributed by atoms with E-state index in [9.17, 15) is 9.67 Å². The summed E-state index contributed by atoms with van der Waals surface area (Å²) in [5.41, 5.74) is 8.53. The Morgan fingerprint density at radius 2 is 2.00 bits per heavy atom. The molecule has 0 fully saturated rings. The molecule has 0 saturated heterocycles. The first-order valence-corrected chi connectivity index (χ1v) is 10.5. The highest BCUT2D eigenvalue weighted by molar-refractivity contribution is 7.42. The quantitative estimate of drug-likeness (QED) is 0.440. The van der Waals surface area contributed by atoms with Crippen LogP contribution >= 0.6 is 7.80 Å². The zero-order chi connectivity index (χ0) is 19.4. The molecule has 0 aliphatic rings. The molecule has 1 atom stereocenters. The maximum absolute atomic E-state index is 11.5. The Morgan fingerprint density at radius 1 is 1.22 bits per heavy atom. The molecule has 0 spiro atoms. The molecular formula is C17H22N5O4P. The van der Waals surface area contributed by atoms with E-state index in [1.165, 1.54) is 4.57 Å². The number of anilines is 1. The molecule has 2 aromatic heterocycles. The average Bonchev–Trinajstić information content (AvgIpc) is 2.92. The first-order chi connectivity index (χ1) is 13.0. The molecule has 1 unspecified atom stereocenters. The topological polar surface area (TPSA) is 125 Å². The van der Waals surface area contributed by atoms with Crippen molar-refractivity contribution >= 4 is 24.8 Å². The van der Waals surface area contributed by atoms with Gasteiger partial charge in [-0.3, -0.25) is 4.57 Å². The molecule has 10 heteroatoms. The molecule has 0 radical (unpaired) electrons. The van der Waals surface area contributed by atoms with Crippen molar-refractivity contribution in [1.29, 1.82) is 0 Å². The number of aromatic hydroxyl groups is 1. The average molecular weight is 391 g/mol. The highest BCUT2D eigenvalue weighted by Crippen LogP contribution is 2.27. The molecule has 3 aromatic rings. The van der Waals surface area contributed by atoms with Crippen molar-refractivity contribution < 1.29 is 19.1 Å². The van der Waals surface area contributed by atoms with Crippen LogP contribution in [0, 0.1) is 0 Å². The lowest BCUT2D eigenvalue weighted by Gasteiger charge is -2.08. The maximum Gasteiger partial charge on any atom is 0.320 e. The molecule has 0 aliphatic carbocycles. The van der Waals surface area contributed by atoms with E-state index in [4.69, 9.17) is 15.2 Å². The fraction of sp³-hybridized carbons (Fsp3) is 0.353. The Hall–Kier alpha value is -2.64. The Bertz CT molecular complexity index is 975. The predicted molar refractivity (Wildman–Crippen MR) is 103 cm³/mol. The van der Waals surface area contributed by atoms with Crippen LogP contribution in [0.25, 0.3) is 11.2 Å². The van der Waals surface area contributed by atoms with Gasteiger partial charge in [0.2, 0.25) is 0 Å². The number of rotatable bonds is 8. The summed E-state index contributed by atoms with van der Waals surface area (Å²) in [6, 6.07) is 7.59. The van der Waals surface area contributed by atoms with E-state index >= 15 is 0 Å². The predicted octanol–water partition coefficient (Wildman–Crippen LogP) is 1.88. The molecular weight excluding hydrogens is 369 g/mol. The van der Waals surface area contributed by atoms with E-state index in [0.717, 1.165) is 11.1 Å². The van der Waals surface area contributed by atoms with Crippen LogP contribution < -0.4 is 10.5 Å². The first-order valence-electron chi connectivity index (χ1n) is 8.39. The minimum Gasteiger partial charge on any atom is -0.480 e. The van der Waals surface area contributed by atoms with Gasteiger partial charge >= 0.3 is 6.01 Å². The lowest BCUT2D eigenvalue weighted by atomic mass is 10.1. The van der Waals surface area contributed by atoms with Gasteiger partial charge in [-0.1, -0.05) is 24.3 Å². The number of benzene rings is 1. The number of hydrogen-bond acceptors (Lipinski definition) is 8. The van der Waals surface area contributed by atoms with Crippen LogP contribution in [0.4, 0.5) is 5.82 Å².